The standard InChI is InChI=1S/C14H27N3/c1-11(2)17-8-7-13(16-17)10-14(4,5)9-12(3)15-6/h7-8,11-12,15H,9-10H2,1-6H3. The number of nitrogens with zero attached hydrogens (tertiary/aromatic N) is 2. The van der Waals surface area contributed by atoms with E-state index in [4.69, 9.17) is 0 Å². The summed E-state index contributed by atoms with van der Waals surface area (Å²) in [6.07, 6.45) is 4.29. The van der Waals surface area contributed by atoms with Gasteiger partial charge in [-0.05, 0) is 52.1 Å². The minimum atomic E-state index is 0.290. The Morgan fingerprint density at radius 2 is 2.00 bits per heavy atom. The van der Waals surface area contributed by atoms with Crippen molar-refractivity contribution in [2.24, 2.45) is 5.41 Å². The van der Waals surface area contributed by atoms with Crippen molar-refractivity contribution in [3.8, 4) is 0 Å². The maximum absolute atomic E-state index is 4.62. The van der Waals surface area contributed by atoms with Gasteiger partial charge < -0.3 is 5.32 Å². The smallest absolute Gasteiger partial charge is 0.0630 e. The Morgan fingerprint density at radius 3 is 2.47 bits per heavy atom. The van der Waals surface area contributed by atoms with Crippen LogP contribution in [0.1, 0.15) is 52.8 Å². The van der Waals surface area contributed by atoms with Gasteiger partial charge in [-0.25, -0.2) is 0 Å². The highest BCUT2D eigenvalue weighted by Gasteiger charge is 2.22. The highest BCUT2D eigenvalue weighted by Crippen LogP contribution is 2.27. The van der Waals surface area contributed by atoms with Crippen LogP contribution in [0.4, 0.5) is 0 Å². The van der Waals surface area contributed by atoms with Gasteiger partial charge in [0, 0.05) is 18.3 Å². The average Bonchev–Trinajstić information content (AvgIpc) is 2.64. The fraction of sp³-hybridized carbons (Fsp3) is 0.786. The van der Waals surface area contributed by atoms with E-state index in [1.165, 1.54) is 5.69 Å². The molecule has 17 heavy (non-hydrogen) atoms. The van der Waals surface area contributed by atoms with E-state index in [0.717, 1.165) is 12.8 Å². The molecule has 0 saturated carbocycles. The van der Waals surface area contributed by atoms with Crippen molar-refractivity contribution in [3.63, 3.8) is 0 Å². The van der Waals surface area contributed by atoms with Crippen molar-refractivity contribution in [2.45, 2.75) is 59.5 Å². The second-order valence-corrected chi connectivity index (χ2v) is 6.12. The molecule has 0 amide bonds. The normalized spacial score (nSPS) is 14.3. The summed E-state index contributed by atoms with van der Waals surface area (Å²) in [5, 5.41) is 7.93. The molecule has 98 valence electrons. The van der Waals surface area contributed by atoms with E-state index in [2.05, 4.69) is 57.3 Å². The summed E-state index contributed by atoms with van der Waals surface area (Å²) in [4.78, 5) is 0. The first-order valence-corrected chi connectivity index (χ1v) is 6.55. The molecule has 0 aromatic carbocycles. The summed E-state index contributed by atoms with van der Waals surface area (Å²) < 4.78 is 2.03. The van der Waals surface area contributed by atoms with E-state index in [-0.39, 0.29) is 0 Å². The minimum Gasteiger partial charge on any atom is -0.317 e. The second kappa shape index (κ2) is 5.67. The van der Waals surface area contributed by atoms with Crippen LogP contribution in [-0.4, -0.2) is 22.9 Å². The molecule has 1 unspecified atom stereocenters. The van der Waals surface area contributed by atoms with Gasteiger partial charge in [-0.2, -0.15) is 5.10 Å². The Morgan fingerprint density at radius 1 is 1.35 bits per heavy atom. The van der Waals surface area contributed by atoms with Gasteiger partial charge in [0.1, 0.15) is 0 Å². The van der Waals surface area contributed by atoms with Gasteiger partial charge in [-0.1, -0.05) is 13.8 Å². The molecule has 0 aliphatic rings. The highest BCUT2D eigenvalue weighted by molar-refractivity contribution is 5.03. The van der Waals surface area contributed by atoms with Crippen LogP contribution in [0.15, 0.2) is 12.3 Å². The Bertz CT molecular complexity index is 339. The summed E-state index contributed by atoms with van der Waals surface area (Å²) >= 11 is 0. The molecular formula is C14H27N3. The molecule has 0 bridgehead atoms. The third-order valence-corrected chi connectivity index (χ3v) is 3.20. The zero-order valence-electron chi connectivity index (χ0n) is 12.1. The molecule has 1 aromatic heterocycles. The largest absolute Gasteiger partial charge is 0.317 e. The van der Waals surface area contributed by atoms with Gasteiger partial charge in [-0.15, -0.1) is 0 Å². The second-order valence-electron chi connectivity index (χ2n) is 6.12. The van der Waals surface area contributed by atoms with Crippen LogP contribution < -0.4 is 5.32 Å². The zero-order chi connectivity index (χ0) is 13.1. The molecule has 0 aliphatic heterocycles. The van der Waals surface area contributed by atoms with E-state index in [0.29, 0.717) is 17.5 Å². The number of nitrogens with one attached hydrogen (secondary N) is 1. The van der Waals surface area contributed by atoms with E-state index in [9.17, 15) is 0 Å². The van der Waals surface area contributed by atoms with E-state index >= 15 is 0 Å². The number of hydrogen-bond acceptors (Lipinski definition) is 2. The Labute approximate surface area is 106 Å². The molecule has 0 radical (unpaired) electrons. The lowest BCUT2D eigenvalue weighted by atomic mass is 9.82. The Kier molecular flexibility index (Phi) is 4.75. The quantitative estimate of drug-likeness (QED) is 0.824. The highest BCUT2D eigenvalue weighted by atomic mass is 15.3. The first-order valence-electron chi connectivity index (χ1n) is 6.55. The summed E-state index contributed by atoms with van der Waals surface area (Å²) in [7, 11) is 2.02. The molecule has 0 fully saturated rings. The predicted octanol–water partition coefficient (Wildman–Crippen LogP) is 3.03. The van der Waals surface area contributed by atoms with Gasteiger partial charge in [0.05, 0.1) is 5.69 Å². The lowest BCUT2D eigenvalue weighted by molar-refractivity contribution is 0.289. The SMILES string of the molecule is CNC(C)CC(C)(C)Cc1ccn(C(C)C)n1. The number of hydrogen-bond donors (Lipinski definition) is 1. The molecule has 1 aromatic rings. The van der Waals surface area contributed by atoms with Crippen LogP contribution in [0.2, 0.25) is 0 Å². The molecule has 3 heteroatoms. The third-order valence-electron chi connectivity index (χ3n) is 3.20. The molecule has 0 aliphatic carbocycles. The molecular weight excluding hydrogens is 210 g/mol. The molecule has 1 rings (SSSR count). The first-order chi connectivity index (χ1) is 7.84. The monoisotopic (exact) mass is 237 g/mol. The van der Waals surface area contributed by atoms with Crippen molar-refractivity contribution in [1.82, 2.24) is 15.1 Å². The molecule has 1 atom stereocenters. The van der Waals surface area contributed by atoms with Gasteiger partial charge >= 0.3 is 0 Å². The fourth-order valence-electron chi connectivity index (χ4n) is 2.25. The lowest BCUT2D eigenvalue weighted by Crippen LogP contribution is -2.29. The lowest BCUT2D eigenvalue weighted by Gasteiger charge is -2.27. The summed E-state index contributed by atoms with van der Waals surface area (Å²) in [5.41, 5.74) is 1.49. The van der Waals surface area contributed by atoms with E-state index in [1.807, 2.05) is 11.7 Å². The minimum absolute atomic E-state index is 0.290. The van der Waals surface area contributed by atoms with Crippen molar-refractivity contribution in [3.05, 3.63) is 18.0 Å². The van der Waals surface area contributed by atoms with E-state index < -0.39 is 0 Å². The Balaban J connectivity index is 2.62. The molecule has 3 nitrogen and oxygen atoms in total. The van der Waals surface area contributed by atoms with Crippen LogP contribution >= 0.6 is 0 Å². The molecule has 1 N–H and O–H groups in total. The topological polar surface area (TPSA) is 29.9 Å². The fourth-order valence-corrected chi connectivity index (χ4v) is 2.25. The summed E-state index contributed by atoms with van der Waals surface area (Å²) in [6.45, 7) is 11.2. The van der Waals surface area contributed by atoms with Crippen LogP contribution in [0, 0.1) is 5.41 Å². The van der Waals surface area contributed by atoms with E-state index in [1.54, 1.807) is 0 Å². The average molecular weight is 237 g/mol. The zero-order valence-corrected chi connectivity index (χ0v) is 12.1. The van der Waals surface area contributed by atoms with Gasteiger partial charge in [-0.3, -0.25) is 4.68 Å². The number of aromatic nitrogens is 2. The number of rotatable bonds is 6. The Hall–Kier alpha value is -0.830. The van der Waals surface area contributed by atoms with Gasteiger partial charge in [0.15, 0.2) is 0 Å². The maximum Gasteiger partial charge on any atom is 0.0630 e. The van der Waals surface area contributed by atoms with Crippen molar-refractivity contribution >= 4 is 0 Å². The molecule has 0 saturated heterocycles. The van der Waals surface area contributed by atoms with Crippen molar-refractivity contribution in [1.29, 1.82) is 0 Å². The van der Waals surface area contributed by atoms with Crippen molar-refractivity contribution < 1.29 is 0 Å². The van der Waals surface area contributed by atoms with Crippen LogP contribution in [0.5, 0.6) is 0 Å². The summed E-state index contributed by atoms with van der Waals surface area (Å²) in [5.74, 6) is 0. The molecule has 0 spiro atoms. The van der Waals surface area contributed by atoms with Crippen LogP contribution in [-0.2, 0) is 6.42 Å². The third kappa shape index (κ3) is 4.50. The predicted molar refractivity (Wildman–Crippen MR) is 73.2 cm³/mol. The maximum atomic E-state index is 4.62. The molecule has 1 heterocycles. The van der Waals surface area contributed by atoms with Crippen molar-refractivity contribution in [2.75, 3.05) is 7.05 Å². The van der Waals surface area contributed by atoms with Gasteiger partial charge in [0.25, 0.3) is 0 Å². The van der Waals surface area contributed by atoms with Gasteiger partial charge in [0.2, 0.25) is 0 Å². The van der Waals surface area contributed by atoms with Crippen LogP contribution in [0.25, 0.3) is 0 Å². The van der Waals surface area contributed by atoms with Crippen LogP contribution in [0.3, 0.4) is 0 Å². The summed E-state index contributed by atoms with van der Waals surface area (Å²) in [6, 6.07) is 3.14. The first kappa shape index (κ1) is 14.2.